The average Bonchev–Trinajstić information content (AvgIpc) is 2.89. The van der Waals surface area contributed by atoms with Crippen molar-refractivity contribution >= 4 is 40.0 Å². The Balaban J connectivity index is 1.53. The van der Waals surface area contributed by atoms with Crippen LogP contribution < -0.4 is 16.4 Å². The summed E-state index contributed by atoms with van der Waals surface area (Å²) in [6.07, 6.45) is 2.03. The first kappa shape index (κ1) is 24.5. The van der Waals surface area contributed by atoms with Crippen molar-refractivity contribution in [2.75, 3.05) is 11.9 Å². The van der Waals surface area contributed by atoms with Gasteiger partial charge in [-0.15, -0.1) is 0 Å². The minimum Gasteiger partial charge on any atom is -0.340 e. The molecule has 4 N–H and O–H groups in total. The Labute approximate surface area is 210 Å². The molecule has 0 aliphatic carbocycles. The van der Waals surface area contributed by atoms with Gasteiger partial charge in [-0.3, -0.25) is 9.59 Å². The van der Waals surface area contributed by atoms with Crippen LogP contribution in [-0.4, -0.2) is 24.4 Å². The lowest BCUT2D eigenvalue weighted by atomic mass is 10.0. The van der Waals surface area contributed by atoms with Gasteiger partial charge in [0.25, 0.3) is 5.91 Å². The third kappa shape index (κ3) is 6.50. The monoisotopic (exact) mass is 483 g/mol. The van der Waals surface area contributed by atoms with Crippen LogP contribution in [0.5, 0.6) is 0 Å². The number of hydrogen-bond donors (Lipinski definition) is 3. The summed E-state index contributed by atoms with van der Waals surface area (Å²) in [4.78, 5) is 28.6. The molecule has 0 fully saturated rings. The van der Waals surface area contributed by atoms with Crippen LogP contribution in [0.1, 0.15) is 29.6 Å². The van der Waals surface area contributed by atoms with Gasteiger partial charge in [0.15, 0.2) is 0 Å². The number of fused-ring (bicyclic) bond motifs is 1. The van der Waals surface area contributed by atoms with Gasteiger partial charge >= 0.3 is 0 Å². The molecule has 178 valence electrons. The first-order chi connectivity index (χ1) is 17.2. The van der Waals surface area contributed by atoms with Gasteiger partial charge in [0.2, 0.25) is 5.91 Å². The number of unbranched alkanes of at least 4 members (excludes halogenated alkanes) is 1. The summed E-state index contributed by atoms with van der Waals surface area (Å²) in [5, 5.41) is 7.86. The molecule has 0 aromatic heterocycles. The van der Waals surface area contributed by atoms with Crippen molar-refractivity contribution in [3.63, 3.8) is 0 Å². The molecule has 1 atom stereocenters. The predicted molar refractivity (Wildman–Crippen MR) is 144 cm³/mol. The number of nitrogens with one attached hydrogen (secondary N) is 2. The molecule has 0 saturated carbocycles. The third-order valence-electron chi connectivity index (χ3n) is 5.72. The molecule has 35 heavy (non-hydrogen) atoms. The van der Waals surface area contributed by atoms with E-state index in [0.717, 1.165) is 39.1 Å². The van der Waals surface area contributed by atoms with Gasteiger partial charge in [-0.1, -0.05) is 78.5 Å². The topological polar surface area (TPSA) is 84.2 Å². The molecule has 4 rings (SSSR count). The quantitative estimate of drug-likeness (QED) is 0.247. The molecule has 0 radical (unpaired) electrons. The number of hydrogen-bond acceptors (Lipinski definition) is 4. The highest BCUT2D eigenvalue weighted by Gasteiger charge is 2.23. The first-order valence-corrected chi connectivity index (χ1v) is 12.6. The Morgan fingerprint density at radius 3 is 2.34 bits per heavy atom. The maximum Gasteiger partial charge on any atom is 0.252 e. The maximum atomic E-state index is 13.4. The molecule has 0 aliphatic heterocycles. The molecule has 2 amide bonds. The second-order valence-electron chi connectivity index (χ2n) is 8.24. The maximum absolute atomic E-state index is 13.4. The van der Waals surface area contributed by atoms with Crippen molar-refractivity contribution < 1.29 is 9.59 Å². The highest BCUT2D eigenvalue weighted by atomic mass is 32.2. The smallest absolute Gasteiger partial charge is 0.252 e. The molecule has 0 bridgehead atoms. The van der Waals surface area contributed by atoms with E-state index in [4.69, 9.17) is 5.73 Å². The predicted octanol–water partition coefficient (Wildman–Crippen LogP) is 5.86. The fourth-order valence-electron chi connectivity index (χ4n) is 3.92. The SMILES string of the molecule is NCCCC[C@H](NC(=O)c1cccc2ccccc12)C(=O)Nc1ccccc1Sc1ccccc1. The van der Waals surface area contributed by atoms with Crippen LogP contribution in [0, 0.1) is 0 Å². The van der Waals surface area contributed by atoms with Gasteiger partial charge in [0.1, 0.15) is 6.04 Å². The molecule has 0 unspecified atom stereocenters. The van der Waals surface area contributed by atoms with E-state index in [1.54, 1.807) is 17.8 Å². The summed E-state index contributed by atoms with van der Waals surface area (Å²) in [6.45, 7) is 0.544. The van der Waals surface area contributed by atoms with Crippen molar-refractivity contribution in [2.24, 2.45) is 5.73 Å². The molecule has 0 heterocycles. The number of carbonyl (C=O) groups excluding carboxylic acids is 2. The number of para-hydroxylation sites is 1. The summed E-state index contributed by atoms with van der Waals surface area (Å²) in [5.41, 5.74) is 6.94. The normalized spacial score (nSPS) is 11.7. The number of carbonyl (C=O) groups is 2. The van der Waals surface area contributed by atoms with Crippen molar-refractivity contribution in [3.8, 4) is 0 Å². The van der Waals surface area contributed by atoms with Crippen molar-refractivity contribution in [3.05, 3.63) is 103 Å². The van der Waals surface area contributed by atoms with Gasteiger partial charge in [0.05, 0.1) is 5.69 Å². The Morgan fingerprint density at radius 2 is 1.51 bits per heavy atom. The van der Waals surface area contributed by atoms with E-state index < -0.39 is 6.04 Å². The van der Waals surface area contributed by atoms with E-state index >= 15 is 0 Å². The van der Waals surface area contributed by atoms with Crippen molar-refractivity contribution in [1.29, 1.82) is 0 Å². The van der Waals surface area contributed by atoms with E-state index in [1.807, 2.05) is 91.0 Å². The van der Waals surface area contributed by atoms with Gasteiger partial charge in [0, 0.05) is 15.4 Å². The molecule has 0 spiro atoms. The molecular weight excluding hydrogens is 454 g/mol. The highest BCUT2D eigenvalue weighted by Crippen LogP contribution is 2.33. The number of anilines is 1. The Bertz CT molecular complexity index is 1290. The zero-order valence-electron chi connectivity index (χ0n) is 19.4. The van der Waals surface area contributed by atoms with E-state index in [1.165, 1.54) is 0 Å². The molecule has 4 aromatic carbocycles. The fraction of sp³-hybridized carbons (Fsp3) is 0.172. The first-order valence-electron chi connectivity index (χ1n) is 11.8. The van der Waals surface area contributed by atoms with E-state index in [-0.39, 0.29) is 11.8 Å². The van der Waals surface area contributed by atoms with E-state index in [2.05, 4.69) is 10.6 Å². The molecule has 0 aliphatic rings. The van der Waals surface area contributed by atoms with Crippen LogP contribution >= 0.6 is 11.8 Å². The Morgan fingerprint density at radius 1 is 0.800 bits per heavy atom. The van der Waals surface area contributed by atoms with Crippen molar-refractivity contribution in [2.45, 2.75) is 35.1 Å². The Kier molecular flexibility index (Phi) is 8.54. The summed E-state index contributed by atoms with van der Waals surface area (Å²) >= 11 is 1.58. The van der Waals surface area contributed by atoms with Crippen molar-refractivity contribution in [1.82, 2.24) is 5.32 Å². The zero-order valence-corrected chi connectivity index (χ0v) is 20.3. The number of benzene rings is 4. The molecule has 6 heteroatoms. The Hall–Kier alpha value is -3.61. The van der Waals surface area contributed by atoms with Gasteiger partial charge < -0.3 is 16.4 Å². The lowest BCUT2D eigenvalue weighted by molar-refractivity contribution is -0.118. The highest BCUT2D eigenvalue weighted by molar-refractivity contribution is 7.99. The summed E-state index contributed by atoms with van der Waals surface area (Å²) < 4.78 is 0. The standard InChI is InChI=1S/C29H29N3O2S/c30-20-9-8-18-26(32-28(33)24-16-10-12-21-11-4-5-15-23(21)24)29(34)31-25-17-6-7-19-27(25)35-22-13-2-1-3-14-22/h1-7,10-17,19,26H,8-9,18,20,30H2,(H,31,34)(H,32,33)/t26-/m0/s1. The molecule has 4 aromatic rings. The molecule has 0 saturated heterocycles. The van der Waals surface area contributed by atoms with Crippen LogP contribution in [0.4, 0.5) is 5.69 Å². The van der Waals surface area contributed by atoms with Gasteiger partial charge in [-0.25, -0.2) is 0 Å². The lowest BCUT2D eigenvalue weighted by Gasteiger charge is -2.20. The average molecular weight is 484 g/mol. The second-order valence-corrected chi connectivity index (χ2v) is 9.35. The lowest BCUT2D eigenvalue weighted by Crippen LogP contribution is -2.44. The van der Waals surface area contributed by atoms with Crippen LogP contribution in [0.2, 0.25) is 0 Å². The number of nitrogens with two attached hydrogens (primary N) is 1. The number of amides is 2. The minimum atomic E-state index is -0.678. The zero-order chi connectivity index (χ0) is 24.5. The third-order valence-corrected chi connectivity index (χ3v) is 6.80. The fourth-order valence-corrected chi connectivity index (χ4v) is 4.84. The molecular formula is C29H29N3O2S. The van der Waals surface area contributed by atoms with Gasteiger partial charge in [-0.05, 0) is 66.9 Å². The van der Waals surface area contributed by atoms with Crippen LogP contribution in [0.25, 0.3) is 10.8 Å². The van der Waals surface area contributed by atoms with Crippen LogP contribution in [-0.2, 0) is 4.79 Å². The number of rotatable bonds is 10. The van der Waals surface area contributed by atoms with Gasteiger partial charge in [-0.2, -0.15) is 0 Å². The largest absolute Gasteiger partial charge is 0.340 e. The molecule has 5 nitrogen and oxygen atoms in total. The summed E-state index contributed by atoms with van der Waals surface area (Å²) in [7, 11) is 0. The van der Waals surface area contributed by atoms with E-state index in [0.29, 0.717) is 18.5 Å². The second kappa shape index (κ2) is 12.2. The minimum absolute atomic E-state index is 0.239. The van der Waals surface area contributed by atoms with E-state index in [9.17, 15) is 9.59 Å². The van der Waals surface area contributed by atoms with Crippen LogP contribution in [0.3, 0.4) is 0 Å². The summed E-state index contributed by atoms with van der Waals surface area (Å²) in [5.74, 6) is -0.502. The summed E-state index contributed by atoms with van der Waals surface area (Å²) in [6, 6.07) is 30.4. The van der Waals surface area contributed by atoms with Crippen LogP contribution in [0.15, 0.2) is 107 Å².